The van der Waals surface area contributed by atoms with Gasteiger partial charge in [0.1, 0.15) is 12.3 Å². The molecule has 1 atom stereocenters. The number of hydrogen-bond acceptors (Lipinski definition) is 4. The number of benzene rings is 2. The Morgan fingerprint density at radius 2 is 1.77 bits per heavy atom. The second-order valence-corrected chi connectivity index (χ2v) is 8.98. The molecule has 1 N–H and O–H groups in total. The van der Waals surface area contributed by atoms with Crippen molar-refractivity contribution in [3.63, 3.8) is 0 Å². The number of aryl methyl sites for hydroxylation is 1. The predicted molar refractivity (Wildman–Crippen MR) is 113 cm³/mol. The molecule has 0 radical (unpaired) electrons. The molecule has 170 valence electrons. The maximum Gasteiger partial charge on any atom is 0.416 e. The van der Waals surface area contributed by atoms with Gasteiger partial charge in [-0.05, 0) is 54.8 Å². The fraction of sp³-hybridized carbons (Fsp3) is 0.381. The number of amides is 1. The summed E-state index contributed by atoms with van der Waals surface area (Å²) in [6.45, 7) is 3.18. The number of anilines is 1. The van der Waals surface area contributed by atoms with Crippen LogP contribution in [0.5, 0.6) is 5.75 Å². The Labute approximate surface area is 180 Å². The highest BCUT2D eigenvalue weighted by Gasteiger charge is 2.31. The standard InChI is InChI=1S/C21H25F3N2O4S/c1-5-18(15-6-11-19(30-3)14(2)12-15)25-20(27)13-26(31(4,28)29)17-9-7-16(8-10-17)21(22,23)24/h6-12,18H,5,13H2,1-4H3,(H,25,27)/t18-/m0/s1. The lowest BCUT2D eigenvalue weighted by molar-refractivity contribution is -0.137. The van der Waals surface area contributed by atoms with E-state index in [2.05, 4.69) is 5.32 Å². The minimum absolute atomic E-state index is 0.0287. The number of halogens is 3. The van der Waals surface area contributed by atoms with Crippen LogP contribution in [-0.2, 0) is 21.0 Å². The maximum atomic E-state index is 12.8. The van der Waals surface area contributed by atoms with Crippen LogP contribution in [0.1, 0.15) is 36.1 Å². The molecular weight excluding hydrogens is 433 g/mol. The van der Waals surface area contributed by atoms with Crippen molar-refractivity contribution in [1.29, 1.82) is 0 Å². The lowest BCUT2D eigenvalue weighted by Gasteiger charge is -2.24. The Kier molecular flexibility index (Phi) is 7.58. The lowest BCUT2D eigenvalue weighted by Crippen LogP contribution is -2.41. The van der Waals surface area contributed by atoms with Crippen LogP contribution in [0.2, 0.25) is 0 Å². The molecule has 31 heavy (non-hydrogen) atoms. The van der Waals surface area contributed by atoms with Gasteiger partial charge in [-0.2, -0.15) is 13.2 Å². The molecule has 0 heterocycles. The second kappa shape index (κ2) is 9.59. The van der Waals surface area contributed by atoms with Crippen molar-refractivity contribution in [2.75, 3.05) is 24.2 Å². The smallest absolute Gasteiger partial charge is 0.416 e. The van der Waals surface area contributed by atoms with Crippen LogP contribution in [0.15, 0.2) is 42.5 Å². The van der Waals surface area contributed by atoms with Gasteiger partial charge in [0.15, 0.2) is 0 Å². The highest BCUT2D eigenvalue weighted by molar-refractivity contribution is 7.92. The Bertz CT molecular complexity index is 1020. The summed E-state index contributed by atoms with van der Waals surface area (Å²) in [7, 11) is -2.35. The summed E-state index contributed by atoms with van der Waals surface area (Å²) in [6.07, 6.45) is -3.10. The van der Waals surface area contributed by atoms with Gasteiger partial charge in [-0.3, -0.25) is 9.10 Å². The Morgan fingerprint density at radius 1 is 1.16 bits per heavy atom. The summed E-state index contributed by atoms with van der Waals surface area (Å²) in [5.74, 6) is 0.126. The zero-order valence-corrected chi connectivity index (χ0v) is 18.5. The first-order chi connectivity index (χ1) is 14.4. The zero-order valence-electron chi connectivity index (χ0n) is 17.7. The number of hydrogen-bond donors (Lipinski definition) is 1. The highest BCUT2D eigenvalue weighted by atomic mass is 32.2. The first-order valence-corrected chi connectivity index (χ1v) is 11.3. The van der Waals surface area contributed by atoms with Crippen LogP contribution < -0.4 is 14.4 Å². The van der Waals surface area contributed by atoms with Gasteiger partial charge in [0.05, 0.1) is 30.7 Å². The van der Waals surface area contributed by atoms with Crippen LogP contribution in [0, 0.1) is 6.92 Å². The molecule has 2 aromatic rings. The molecule has 0 aliphatic rings. The average molecular weight is 459 g/mol. The third-order valence-corrected chi connectivity index (χ3v) is 5.88. The summed E-state index contributed by atoms with van der Waals surface area (Å²) in [6, 6.07) is 8.71. The molecule has 2 rings (SSSR count). The highest BCUT2D eigenvalue weighted by Crippen LogP contribution is 2.31. The van der Waals surface area contributed by atoms with Gasteiger partial charge >= 0.3 is 6.18 Å². The molecular formula is C21H25F3N2O4S. The van der Waals surface area contributed by atoms with E-state index < -0.39 is 34.2 Å². The van der Waals surface area contributed by atoms with E-state index in [0.29, 0.717) is 12.2 Å². The monoisotopic (exact) mass is 458 g/mol. The van der Waals surface area contributed by atoms with Crippen LogP contribution in [-0.4, -0.2) is 34.2 Å². The SMILES string of the molecule is CC[C@H](NC(=O)CN(c1ccc(C(F)(F)F)cc1)S(C)(=O)=O)c1ccc(OC)c(C)c1. The van der Waals surface area contributed by atoms with Crippen molar-refractivity contribution < 1.29 is 31.1 Å². The van der Waals surface area contributed by atoms with Crippen molar-refractivity contribution in [3.8, 4) is 5.75 Å². The maximum absolute atomic E-state index is 12.8. The number of carbonyl (C=O) groups is 1. The van der Waals surface area contributed by atoms with Crippen LogP contribution in [0.3, 0.4) is 0 Å². The molecule has 0 spiro atoms. The average Bonchev–Trinajstić information content (AvgIpc) is 2.68. The minimum Gasteiger partial charge on any atom is -0.496 e. The third-order valence-electron chi connectivity index (χ3n) is 4.73. The summed E-state index contributed by atoms with van der Waals surface area (Å²) in [5.41, 5.74) is 0.777. The molecule has 0 bridgehead atoms. The van der Waals surface area contributed by atoms with Gasteiger partial charge in [-0.15, -0.1) is 0 Å². The van der Waals surface area contributed by atoms with E-state index >= 15 is 0 Å². The molecule has 0 unspecified atom stereocenters. The summed E-state index contributed by atoms with van der Waals surface area (Å²) >= 11 is 0. The molecule has 0 fully saturated rings. The van der Waals surface area contributed by atoms with Gasteiger partial charge in [0.2, 0.25) is 15.9 Å². The number of nitrogens with zero attached hydrogens (tertiary/aromatic N) is 1. The third kappa shape index (κ3) is 6.36. The van der Waals surface area contributed by atoms with Gasteiger partial charge in [0, 0.05) is 0 Å². The van der Waals surface area contributed by atoms with Gasteiger partial charge in [-0.1, -0.05) is 19.1 Å². The van der Waals surface area contributed by atoms with Crippen LogP contribution in [0.25, 0.3) is 0 Å². The van der Waals surface area contributed by atoms with Gasteiger partial charge in [-0.25, -0.2) is 8.42 Å². The van der Waals surface area contributed by atoms with Gasteiger partial charge < -0.3 is 10.1 Å². The first-order valence-electron chi connectivity index (χ1n) is 9.45. The van der Waals surface area contributed by atoms with Crippen molar-refractivity contribution in [3.05, 3.63) is 59.2 Å². The molecule has 10 heteroatoms. The molecule has 2 aromatic carbocycles. The second-order valence-electron chi connectivity index (χ2n) is 7.07. The summed E-state index contributed by atoms with van der Waals surface area (Å²) < 4.78 is 68.7. The molecule has 0 saturated carbocycles. The normalized spacial score (nSPS) is 12.9. The van der Waals surface area contributed by atoms with Crippen LogP contribution in [0.4, 0.5) is 18.9 Å². The molecule has 0 aliphatic heterocycles. The fourth-order valence-corrected chi connectivity index (χ4v) is 3.98. The van der Waals surface area contributed by atoms with Crippen LogP contribution >= 0.6 is 0 Å². The largest absolute Gasteiger partial charge is 0.496 e. The van der Waals surface area contributed by atoms with Gasteiger partial charge in [0.25, 0.3) is 0 Å². The minimum atomic E-state index is -4.54. The molecule has 0 aliphatic carbocycles. The molecule has 0 aromatic heterocycles. The van der Waals surface area contributed by atoms with Crippen molar-refractivity contribution in [2.24, 2.45) is 0 Å². The van der Waals surface area contributed by atoms with Crippen molar-refractivity contribution in [2.45, 2.75) is 32.5 Å². The number of carbonyl (C=O) groups excluding carboxylic acids is 1. The van der Waals surface area contributed by atoms with E-state index in [9.17, 15) is 26.4 Å². The topological polar surface area (TPSA) is 75.7 Å². The number of alkyl halides is 3. The van der Waals surface area contributed by atoms with E-state index in [-0.39, 0.29) is 11.7 Å². The molecule has 0 saturated heterocycles. The first kappa shape index (κ1) is 24.5. The van der Waals surface area contributed by atoms with E-state index in [0.717, 1.165) is 46.0 Å². The van der Waals surface area contributed by atoms with E-state index in [1.807, 2.05) is 26.0 Å². The zero-order chi connectivity index (χ0) is 23.4. The molecule has 6 nitrogen and oxygen atoms in total. The van der Waals surface area contributed by atoms with E-state index in [4.69, 9.17) is 4.74 Å². The molecule has 1 amide bonds. The predicted octanol–water partition coefficient (Wildman–Crippen LogP) is 4.06. The van der Waals surface area contributed by atoms with Crippen molar-refractivity contribution >= 4 is 21.6 Å². The fourth-order valence-electron chi connectivity index (χ4n) is 3.13. The summed E-state index contributed by atoms with van der Waals surface area (Å²) in [4.78, 5) is 12.6. The number of methoxy groups -OCH3 is 1. The number of rotatable bonds is 8. The van der Waals surface area contributed by atoms with Crippen molar-refractivity contribution in [1.82, 2.24) is 5.32 Å². The van der Waals surface area contributed by atoms with E-state index in [1.54, 1.807) is 13.2 Å². The number of nitrogens with one attached hydrogen (secondary N) is 1. The van der Waals surface area contributed by atoms with E-state index in [1.165, 1.54) is 0 Å². The lowest BCUT2D eigenvalue weighted by atomic mass is 10.0. The Morgan fingerprint density at radius 3 is 2.23 bits per heavy atom. The Hall–Kier alpha value is -2.75. The number of ether oxygens (including phenoxy) is 1. The Balaban J connectivity index is 2.21. The quantitative estimate of drug-likeness (QED) is 0.648. The number of sulfonamides is 1. The summed E-state index contributed by atoms with van der Waals surface area (Å²) in [5, 5.41) is 2.79.